The molecule has 1 saturated heterocycles. The number of amides is 3. The van der Waals surface area contributed by atoms with Crippen LogP contribution in [0.5, 0.6) is 0 Å². The third-order valence-electron chi connectivity index (χ3n) is 6.10. The predicted octanol–water partition coefficient (Wildman–Crippen LogP) is 4.50. The lowest BCUT2D eigenvalue weighted by Gasteiger charge is -2.37. The van der Waals surface area contributed by atoms with Crippen LogP contribution in [-0.2, 0) is 17.9 Å². The molecular formula is C29H33N4O4. The van der Waals surface area contributed by atoms with Gasteiger partial charge in [-0.15, -0.1) is 0 Å². The number of urea groups is 1. The van der Waals surface area contributed by atoms with Gasteiger partial charge in [-0.2, -0.15) is 0 Å². The van der Waals surface area contributed by atoms with Gasteiger partial charge in [-0.1, -0.05) is 72.8 Å². The van der Waals surface area contributed by atoms with Gasteiger partial charge in [0.15, 0.2) is 0 Å². The Balaban J connectivity index is 1.36. The highest BCUT2D eigenvalue weighted by molar-refractivity contribution is 5.93. The van der Waals surface area contributed by atoms with Crippen LogP contribution in [0, 0.1) is 6.42 Å². The first-order chi connectivity index (χ1) is 18.2. The van der Waals surface area contributed by atoms with Gasteiger partial charge in [0.1, 0.15) is 6.61 Å². The number of aliphatic hydroxyl groups is 1. The second kappa shape index (κ2) is 13.4. The van der Waals surface area contributed by atoms with Crippen LogP contribution in [0.15, 0.2) is 78.9 Å². The number of nitrogens with zero attached hydrogens (tertiary/aromatic N) is 2. The first kappa shape index (κ1) is 26.2. The Bertz CT molecular complexity index is 1170. The first-order valence-electron chi connectivity index (χ1n) is 12.5. The van der Waals surface area contributed by atoms with Crippen LogP contribution in [0.1, 0.15) is 24.0 Å². The van der Waals surface area contributed by atoms with E-state index in [2.05, 4.69) is 17.1 Å². The summed E-state index contributed by atoms with van der Waals surface area (Å²) in [5.74, 6) is 0. The molecule has 1 heterocycles. The van der Waals surface area contributed by atoms with Crippen molar-refractivity contribution < 1.29 is 19.4 Å². The van der Waals surface area contributed by atoms with E-state index in [-0.39, 0.29) is 25.8 Å². The Hall–Kier alpha value is -3.88. The van der Waals surface area contributed by atoms with Gasteiger partial charge in [0.2, 0.25) is 0 Å². The fraction of sp³-hybridized carbons (Fsp3) is 0.276. The van der Waals surface area contributed by atoms with Crippen molar-refractivity contribution in [3.63, 3.8) is 0 Å². The lowest BCUT2D eigenvalue weighted by molar-refractivity contribution is 0.126. The maximum Gasteiger partial charge on any atom is 0.429 e. The molecule has 3 aromatic rings. The molecule has 3 aromatic carbocycles. The number of carbonyl (C=O) groups excluding carboxylic acids is 2. The number of carbonyl (C=O) groups is 2. The number of ether oxygens (including phenoxy) is 1. The molecule has 37 heavy (non-hydrogen) atoms. The van der Waals surface area contributed by atoms with Crippen molar-refractivity contribution in [3.05, 3.63) is 96.4 Å². The summed E-state index contributed by atoms with van der Waals surface area (Å²) in [6, 6.07) is 24.8. The van der Waals surface area contributed by atoms with E-state index in [1.165, 1.54) is 0 Å². The number of para-hydroxylation sites is 1. The average Bonchev–Trinajstić information content (AvgIpc) is 2.96. The zero-order chi connectivity index (χ0) is 25.9. The number of aliphatic hydroxyl groups excluding tert-OH is 1. The van der Waals surface area contributed by atoms with E-state index < -0.39 is 6.09 Å². The number of nitrogens with one attached hydrogen (secondary N) is 2. The summed E-state index contributed by atoms with van der Waals surface area (Å²) >= 11 is 0. The highest BCUT2D eigenvalue weighted by atomic mass is 16.6. The molecule has 0 unspecified atom stereocenters. The molecule has 4 rings (SSSR count). The number of hydrogen-bond donors (Lipinski definition) is 3. The van der Waals surface area contributed by atoms with E-state index >= 15 is 0 Å². The monoisotopic (exact) mass is 501 g/mol. The van der Waals surface area contributed by atoms with E-state index in [9.17, 15) is 14.7 Å². The highest BCUT2D eigenvalue weighted by Gasteiger charge is 2.28. The van der Waals surface area contributed by atoms with Gasteiger partial charge in [-0.25, -0.2) is 19.6 Å². The Kier molecular flexibility index (Phi) is 9.51. The Labute approximate surface area is 217 Å². The summed E-state index contributed by atoms with van der Waals surface area (Å²) < 4.78 is 5.61. The predicted molar refractivity (Wildman–Crippen MR) is 143 cm³/mol. The zero-order valence-electron chi connectivity index (χ0n) is 20.8. The third kappa shape index (κ3) is 7.31. The van der Waals surface area contributed by atoms with E-state index in [4.69, 9.17) is 4.74 Å². The molecule has 1 aliphatic heterocycles. The van der Waals surface area contributed by atoms with Crippen molar-refractivity contribution in [3.8, 4) is 11.1 Å². The van der Waals surface area contributed by atoms with Crippen LogP contribution in [-0.4, -0.2) is 48.5 Å². The molecular weight excluding hydrogens is 468 g/mol. The zero-order valence-corrected chi connectivity index (χ0v) is 20.8. The van der Waals surface area contributed by atoms with Crippen LogP contribution >= 0.6 is 0 Å². The van der Waals surface area contributed by atoms with Gasteiger partial charge in [-0.05, 0) is 42.0 Å². The normalized spacial score (nSPS) is 13.5. The van der Waals surface area contributed by atoms with Crippen LogP contribution in [0.25, 0.3) is 11.1 Å². The van der Waals surface area contributed by atoms with Crippen LogP contribution < -0.4 is 15.6 Å². The molecule has 0 aliphatic carbocycles. The van der Waals surface area contributed by atoms with Gasteiger partial charge in [0.25, 0.3) is 0 Å². The molecule has 0 saturated carbocycles. The number of benzene rings is 3. The molecule has 1 radical (unpaired) electrons. The molecule has 0 aromatic heterocycles. The number of piperidine rings is 1. The van der Waals surface area contributed by atoms with Crippen molar-refractivity contribution in [1.82, 2.24) is 15.6 Å². The fourth-order valence-electron chi connectivity index (χ4n) is 4.27. The van der Waals surface area contributed by atoms with Crippen molar-refractivity contribution in [2.24, 2.45) is 0 Å². The Morgan fingerprint density at radius 2 is 1.62 bits per heavy atom. The lowest BCUT2D eigenvalue weighted by atomic mass is 10.0. The number of hydrogen-bond acceptors (Lipinski definition) is 5. The largest absolute Gasteiger partial charge is 0.446 e. The van der Waals surface area contributed by atoms with E-state index in [0.29, 0.717) is 6.54 Å². The van der Waals surface area contributed by atoms with Gasteiger partial charge in [-0.3, -0.25) is 0 Å². The minimum atomic E-state index is -0.478. The van der Waals surface area contributed by atoms with Crippen LogP contribution in [0.2, 0.25) is 0 Å². The van der Waals surface area contributed by atoms with Crippen molar-refractivity contribution in [1.29, 1.82) is 0 Å². The van der Waals surface area contributed by atoms with E-state index in [0.717, 1.165) is 53.9 Å². The van der Waals surface area contributed by atoms with Crippen molar-refractivity contribution in [2.75, 3.05) is 31.3 Å². The summed E-state index contributed by atoms with van der Waals surface area (Å²) in [4.78, 5) is 25.5. The van der Waals surface area contributed by atoms with Gasteiger partial charge >= 0.3 is 12.1 Å². The summed E-state index contributed by atoms with van der Waals surface area (Å²) in [5.41, 5.74) is 4.40. The quantitative estimate of drug-likeness (QED) is 0.375. The van der Waals surface area contributed by atoms with Gasteiger partial charge in [0, 0.05) is 25.2 Å². The molecule has 8 nitrogen and oxygen atoms in total. The smallest absolute Gasteiger partial charge is 0.429 e. The standard InChI is InChI=1S/C29H33N4O4/c34-22-24-11-9-10-23(20-24)21-31-28(35)30-16-19-37-29(36)33(32-17-7-2-8-18-32)27-15-6-5-14-26(27)25-12-3-1-4-13-25/h1-6,9-15,20,34H,7-8,16-19,21-22H2,(H2,30,31,35). The minimum Gasteiger partial charge on any atom is -0.446 e. The van der Waals surface area contributed by atoms with E-state index in [1.807, 2.05) is 83.9 Å². The summed E-state index contributed by atoms with van der Waals surface area (Å²) in [6.45, 7) is 1.93. The van der Waals surface area contributed by atoms with Gasteiger partial charge in [0.05, 0.1) is 18.8 Å². The molecule has 8 heteroatoms. The van der Waals surface area contributed by atoms with Crippen LogP contribution in [0.4, 0.5) is 15.3 Å². The molecule has 0 bridgehead atoms. The number of anilines is 1. The molecule has 3 amide bonds. The summed E-state index contributed by atoms with van der Waals surface area (Å²) in [7, 11) is 0. The molecule has 1 fully saturated rings. The van der Waals surface area contributed by atoms with Crippen molar-refractivity contribution >= 4 is 17.8 Å². The van der Waals surface area contributed by atoms with Crippen molar-refractivity contribution in [2.45, 2.75) is 26.0 Å². The molecule has 0 atom stereocenters. The number of hydrazine groups is 1. The van der Waals surface area contributed by atoms with Crippen LogP contribution in [0.3, 0.4) is 0 Å². The fourth-order valence-corrected chi connectivity index (χ4v) is 4.27. The summed E-state index contributed by atoms with van der Waals surface area (Å²) in [5, 5.41) is 18.4. The minimum absolute atomic E-state index is 0.0379. The first-order valence-corrected chi connectivity index (χ1v) is 12.5. The highest BCUT2D eigenvalue weighted by Crippen LogP contribution is 2.33. The SMILES string of the molecule is O=C(NCCOC(=O)N(c1ccccc1-c1ccccc1)N1CC[CH]CC1)NCc1cccc(CO)c1. The third-order valence-corrected chi connectivity index (χ3v) is 6.10. The van der Waals surface area contributed by atoms with Gasteiger partial charge < -0.3 is 20.5 Å². The second-order valence-corrected chi connectivity index (χ2v) is 8.72. The average molecular weight is 502 g/mol. The maximum atomic E-state index is 13.3. The number of rotatable bonds is 9. The topological polar surface area (TPSA) is 94.1 Å². The Morgan fingerprint density at radius 3 is 2.41 bits per heavy atom. The molecule has 3 N–H and O–H groups in total. The molecule has 1 aliphatic rings. The van der Waals surface area contributed by atoms with E-state index in [1.54, 1.807) is 5.01 Å². The molecule has 0 spiro atoms. The lowest BCUT2D eigenvalue weighted by Crippen LogP contribution is -2.50. The summed E-state index contributed by atoms with van der Waals surface area (Å²) in [6.07, 6.45) is 3.53. The molecule has 193 valence electrons. The Morgan fingerprint density at radius 1 is 0.892 bits per heavy atom. The second-order valence-electron chi connectivity index (χ2n) is 8.72. The maximum absolute atomic E-state index is 13.3.